The molecule has 0 spiro atoms. The molecule has 4 heteroatoms. The van der Waals surface area contributed by atoms with Crippen LogP contribution >= 0.6 is 0 Å². The van der Waals surface area contributed by atoms with Crippen molar-refractivity contribution in [2.75, 3.05) is 0 Å². The van der Waals surface area contributed by atoms with Gasteiger partial charge in [0.25, 0.3) is 0 Å². The standard InChI is InChI=1S/C20H30N2O2/c1-12-16(24-18(21-12)19(2,3)4)8-17(23)22-20-9-13-5-14(10-20)7-15(6-13)11-20/h13-15H,5-11H2,1-4H3,(H,22,23). The monoisotopic (exact) mass is 330 g/mol. The number of hydrogen-bond acceptors (Lipinski definition) is 3. The van der Waals surface area contributed by atoms with E-state index in [1.165, 1.54) is 38.5 Å². The maximum Gasteiger partial charge on any atom is 0.228 e. The molecule has 4 fully saturated rings. The topological polar surface area (TPSA) is 55.1 Å². The number of carbonyl (C=O) groups excluding carboxylic acids is 1. The van der Waals surface area contributed by atoms with Gasteiger partial charge in [-0.25, -0.2) is 4.98 Å². The van der Waals surface area contributed by atoms with Gasteiger partial charge >= 0.3 is 0 Å². The lowest BCUT2D eigenvalue weighted by molar-refractivity contribution is -0.126. The zero-order chi connectivity index (χ0) is 17.1. The van der Waals surface area contributed by atoms with Gasteiger partial charge in [0.05, 0.1) is 12.1 Å². The van der Waals surface area contributed by atoms with Crippen molar-refractivity contribution in [3.63, 3.8) is 0 Å². The molecule has 0 aromatic carbocycles. The van der Waals surface area contributed by atoms with Gasteiger partial charge in [-0.15, -0.1) is 0 Å². The van der Waals surface area contributed by atoms with E-state index in [1.54, 1.807) is 0 Å². The number of nitrogens with zero attached hydrogens (tertiary/aromatic N) is 1. The summed E-state index contributed by atoms with van der Waals surface area (Å²) in [4.78, 5) is 17.2. The summed E-state index contributed by atoms with van der Waals surface area (Å²) in [5.41, 5.74) is 0.798. The SMILES string of the molecule is Cc1nc(C(C)(C)C)oc1CC(=O)NC12CC3CC(CC(C3)C1)C2. The fourth-order valence-electron chi connectivity index (χ4n) is 5.66. The minimum atomic E-state index is -0.126. The third-order valence-corrected chi connectivity index (χ3v) is 6.30. The summed E-state index contributed by atoms with van der Waals surface area (Å²) in [6.45, 7) is 8.18. The summed E-state index contributed by atoms with van der Waals surface area (Å²) < 4.78 is 5.90. The first-order valence-electron chi connectivity index (χ1n) is 9.50. The highest BCUT2D eigenvalue weighted by atomic mass is 16.4. The van der Waals surface area contributed by atoms with Crippen LogP contribution in [0.25, 0.3) is 0 Å². The predicted octanol–water partition coefficient (Wildman–Crippen LogP) is 3.91. The molecule has 4 nitrogen and oxygen atoms in total. The molecule has 0 radical (unpaired) electrons. The average molecular weight is 330 g/mol. The highest BCUT2D eigenvalue weighted by Crippen LogP contribution is 2.55. The lowest BCUT2D eigenvalue weighted by atomic mass is 9.53. The van der Waals surface area contributed by atoms with Crippen LogP contribution in [0.4, 0.5) is 0 Å². The number of hydrogen-bond donors (Lipinski definition) is 1. The second-order valence-corrected chi connectivity index (χ2v) is 9.70. The van der Waals surface area contributed by atoms with Crippen molar-refractivity contribution in [2.24, 2.45) is 17.8 Å². The number of carbonyl (C=O) groups is 1. The van der Waals surface area contributed by atoms with Gasteiger partial charge in [0.15, 0.2) is 5.89 Å². The molecule has 1 aromatic heterocycles. The maximum atomic E-state index is 12.7. The Labute approximate surface area is 144 Å². The van der Waals surface area contributed by atoms with Gasteiger partial charge in [0.2, 0.25) is 5.91 Å². The van der Waals surface area contributed by atoms with Gasteiger partial charge in [0, 0.05) is 11.0 Å². The van der Waals surface area contributed by atoms with Crippen molar-refractivity contribution in [3.05, 3.63) is 17.3 Å². The highest BCUT2D eigenvalue weighted by molar-refractivity contribution is 5.79. The van der Waals surface area contributed by atoms with Crippen molar-refractivity contribution < 1.29 is 9.21 Å². The van der Waals surface area contributed by atoms with Crippen molar-refractivity contribution in [1.29, 1.82) is 0 Å². The normalized spacial score (nSPS) is 34.6. The molecule has 1 aromatic rings. The van der Waals surface area contributed by atoms with Gasteiger partial charge in [-0.2, -0.15) is 0 Å². The zero-order valence-corrected chi connectivity index (χ0v) is 15.4. The number of amides is 1. The molecule has 1 N–H and O–H groups in total. The summed E-state index contributed by atoms with van der Waals surface area (Å²) in [7, 11) is 0. The quantitative estimate of drug-likeness (QED) is 0.914. The summed E-state index contributed by atoms with van der Waals surface area (Å²) >= 11 is 0. The van der Waals surface area contributed by atoms with Crippen LogP contribution in [0.15, 0.2) is 4.42 Å². The molecule has 24 heavy (non-hydrogen) atoms. The van der Waals surface area contributed by atoms with Crippen LogP contribution < -0.4 is 5.32 Å². The second kappa shape index (κ2) is 5.34. The highest BCUT2D eigenvalue weighted by Gasteiger charge is 2.51. The Morgan fingerprint density at radius 1 is 1.17 bits per heavy atom. The van der Waals surface area contributed by atoms with E-state index < -0.39 is 0 Å². The largest absolute Gasteiger partial charge is 0.444 e. The van der Waals surface area contributed by atoms with E-state index in [2.05, 4.69) is 31.1 Å². The fourth-order valence-corrected chi connectivity index (χ4v) is 5.66. The number of aryl methyl sites for hydroxylation is 1. The molecule has 1 amide bonds. The van der Waals surface area contributed by atoms with Crippen LogP contribution in [-0.2, 0) is 16.6 Å². The Morgan fingerprint density at radius 2 is 1.71 bits per heavy atom. The zero-order valence-electron chi connectivity index (χ0n) is 15.4. The predicted molar refractivity (Wildman–Crippen MR) is 92.7 cm³/mol. The summed E-state index contributed by atoms with van der Waals surface area (Å²) in [5.74, 6) is 4.08. The van der Waals surface area contributed by atoms with Gasteiger partial charge in [-0.1, -0.05) is 20.8 Å². The molecule has 0 aliphatic heterocycles. The lowest BCUT2D eigenvalue weighted by Crippen LogP contribution is -2.60. The van der Waals surface area contributed by atoms with E-state index in [0.717, 1.165) is 35.1 Å². The Morgan fingerprint density at radius 3 is 2.17 bits per heavy atom. The molecular formula is C20H30N2O2. The molecule has 4 bridgehead atoms. The number of nitrogens with one attached hydrogen (secondary N) is 1. The summed E-state index contributed by atoms with van der Waals surface area (Å²) in [6.07, 6.45) is 8.06. The van der Waals surface area contributed by atoms with Crippen molar-refractivity contribution in [1.82, 2.24) is 10.3 Å². The number of rotatable bonds is 3. The van der Waals surface area contributed by atoms with Gasteiger partial charge in [0.1, 0.15) is 5.76 Å². The summed E-state index contributed by atoms with van der Waals surface area (Å²) in [6, 6.07) is 0. The van der Waals surface area contributed by atoms with Crippen LogP contribution in [0.5, 0.6) is 0 Å². The smallest absolute Gasteiger partial charge is 0.228 e. The van der Waals surface area contributed by atoms with Crippen LogP contribution in [0, 0.1) is 24.7 Å². The van der Waals surface area contributed by atoms with Crippen LogP contribution in [-0.4, -0.2) is 16.4 Å². The Balaban J connectivity index is 1.45. The van der Waals surface area contributed by atoms with Gasteiger partial charge < -0.3 is 9.73 Å². The Kier molecular flexibility index (Phi) is 3.59. The molecular weight excluding hydrogens is 300 g/mol. The average Bonchev–Trinajstić information content (AvgIpc) is 2.77. The number of oxazole rings is 1. The first-order chi connectivity index (χ1) is 11.2. The lowest BCUT2D eigenvalue weighted by Gasteiger charge is -2.56. The summed E-state index contributed by atoms with van der Waals surface area (Å²) in [5, 5.41) is 3.42. The van der Waals surface area contributed by atoms with Crippen LogP contribution in [0.3, 0.4) is 0 Å². The van der Waals surface area contributed by atoms with E-state index in [0.29, 0.717) is 6.42 Å². The van der Waals surface area contributed by atoms with Crippen LogP contribution in [0.2, 0.25) is 0 Å². The fraction of sp³-hybridized carbons (Fsp3) is 0.800. The van der Waals surface area contributed by atoms with Crippen molar-refractivity contribution in [3.8, 4) is 0 Å². The van der Waals surface area contributed by atoms with Crippen LogP contribution in [0.1, 0.15) is 76.6 Å². The molecule has 5 rings (SSSR count). The van der Waals surface area contributed by atoms with E-state index in [9.17, 15) is 4.79 Å². The molecule has 0 atom stereocenters. The maximum absolute atomic E-state index is 12.7. The molecule has 4 aliphatic carbocycles. The molecule has 4 aliphatic rings. The van der Waals surface area contributed by atoms with Gasteiger partial charge in [-0.05, 0) is 63.2 Å². The second-order valence-electron chi connectivity index (χ2n) is 9.70. The van der Waals surface area contributed by atoms with Gasteiger partial charge in [-0.3, -0.25) is 4.79 Å². The number of aromatic nitrogens is 1. The minimum Gasteiger partial charge on any atom is -0.444 e. The molecule has 0 saturated heterocycles. The molecule has 132 valence electrons. The molecule has 4 saturated carbocycles. The first kappa shape index (κ1) is 16.2. The third-order valence-electron chi connectivity index (χ3n) is 6.30. The van der Waals surface area contributed by atoms with Crippen molar-refractivity contribution in [2.45, 2.75) is 83.6 Å². The molecule has 0 unspecified atom stereocenters. The Bertz CT molecular complexity index is 618. The molecule has 1 heterocycles. The van der Waals surface area contributed by atoms with E-state index in [-0.39, 0.29) is 16.9 Å². The van der Waals surface area contributed by atoms with E-state index in [4.69, 9.17) is 4.42 Å². The minimum absolute atomic E-state index is 0.0760. The van der Waals surface area contributed by atoms with E-state index in [1.807, 2.05) is 6.92 Å². The van der Waals surface area contributed by atoms with E-state index >= 15 is 0 Å². The Hall–Kier alpha value is -1.32. The third kappa shape index (κ3) is 2.89. The first-order valence-corrected chi connectivity index (χ1v) is 9.50. The van der Waals surface area contributed by atoms with Crippen molar-refractivity contribution >= 4 is 5.91 Å².